The van der Waals surface area contributed by atoms with E-state index in [1.807, 2.05) is 6.07 Å². The van der Waals surface area contributed by atoms with Crippen LogP contribution in [0.3, 0.4) is 0 Å². The van der Waals surface area contributed by atoms with Crippen LogP contribution in [0, 0.1) is 5.92 Å². The molecule has 0 spiro atoms. The molecule has 0 unspecified atom stereocenters. The zero-order chi connectivity index (χ0) is 23.2. The largest absolute Gasteiger partial charge is 0.494 e. The summed E-state index contributed by atoms with van der Waals surface area (Å²) in [6.07, 6.45) is 6.39. The summed E-state index contributed by atoms with van der Waals surface area (Å²) in [6.45, 7) is 9.21. The van der Waals surface area contributed by atoms with Crippen molar-refractivity contribution < 1.29 is 29.3 Å². The van der Waals surface area contributed by atoms with Gasteiger partial charge in [0.25, 0.3) is 0 Å². The van der Waals surface area contributed by atoms with Crippen LogP contribution >= 0.6 is 23.2 Å². The minimum Gasteiger partial charge on any atom is -0.494 e. The Balaban J connectivity index is 0.000000703. The molecular formula is C22H33Cl2NO6. The Morgan fingerprint density at radius 3 is 2.42 bits per heavy atom. The zero-order valence-electron chi connectivity index (χ0n) is 18.2. The van der Waals surface area contributed by atoms with E-state index in [9.17, 15) is 0 Å². The third-order valence-corrected chi connectivity index (χ3v) is 5.81. The SMILES string of the molecule is CCCCCN1CC[C@H](CCOc2ccc(Cl)c(Cl)c2)[C@H](OCC)C1.O=C(O)C(=O)O. The number of unbranched alkanes of at least 4 members (excludes halogenated alkanes) is 2. The molecule has 2 N–H and O–H groups in total. The topological polar surface area (TPSA) is 96.3 Å². The third-order valence-electron chi connectivity index (χ3n) is 5.07. The summed E-state index contributed by atoms with van der Waals surface area (Å²) in [7, 11) is 0. The maximum atomic E-state index is 9.10. The van der Waals surface area contributed by atoms with Crippen molar-refractivity contribution in [1.29, 1.82) is 0 Å². The summed E-state index contributed by atoms with van der Waals surface area (Å²) < 4.78 is 11.9. The second kappa shape index (κ2) is 15.3. The molecule has 2 rings (SSSR count). The van der Waals surface area contributed by atoms with Gasteiger partial charge in [0.15, 0.2) is 0 Å². The molecule has 7 nitrogen and oxygen atoms in total. The highest BCUT2D eigenvalue weighted by molar-refractivity contribution is 6.42. The lowest BCUT2D eigenvalue weighted by Crippen LogP contribution is -2.45. The molecule has 1 aromatic carbocycles. The lowest BCUT2D eigenvalue weighted by Gasteiger charge is -2.38. The van der Waals surface area contributed by atoms with Crippen LogP contribution in [0.1, 0.15) is 46.0 Å². The van der Waals surface area contributed by atoms with E-state index in [0.717, 1.165) is 25.3 Å². The van der Waals surface area contributed by atoms with Gasteiger partial charge in [-0.2, -0.15) is 0 Å². The van der Waals surface area contributed by atoms with Crippen molar-refractivity contribution >= 4 is 35.1 Å². The van der Waals surface area contributed by atoms with E-state index in [0.29, 0.717) is 28.7 Å². The minimum atomic E-state index is -1.82. The normalized spacial score (nSPS) is 18.7. The molecule has 1 heterocycles. The molecule has 0 aliphatic carbocycles. The second-order valence-electron chi connectivity index (χ2n) is 7.37. The number of ether oxygens (including phenoxy) is 2. The standard InChI is InChI=1S/C20H31Cl2NO2.C2H2O4/c1-3-5-6-11-23-12-9-16(20(15-23)24-4-2)10-13-25-17-7-8-18(21)19(22)14-17;3-1(4)2(5)6/h7-8,14,16,20H,3-6,9-13,15H2,1-2H3;(H,3,4)(H,5,6)/t16-,20-;/m1./s1. The molecule has 0 bridgehead atoms. The fourth-order valence-electron chi connectivity index (χ4n) is 3.45. The summed E-state index contributed by atoms with van der Waals surface area (Å²) in [4.78, 5) is 20.8. The number of carboxylic acid groups (broad SMARTS) is 2. The van der Waals surface area contributed by atoms with Crippen LogP contribution in [-0.4, -0.2) is 66.0 Å². The number of carbonyl (C=O) groups is 2. The Hall–Kier alpha value is -1.54. The first kappa shape index (κ1) is 27.5. The van der Waals surface area contributed by atoms with Gasteiger partial charge in [0.2, 0.25) is 0 Å². The van der Waals surface area contributed by atoms with Gasteiger partial charge in [-0.1, -0.05) is 43.0 Å². The molecule has 31 heavy (non-hydrogen) atoms. The van der Waals surface area contributed by atoms with Crippen LogP contribution in [0.2, 0.25) is 10.0 Å². The highest BCUT2D eigenvalue weighted by Crippen LogP contribution is 2.28. The van der Waals surface area contributed by atoms with Gasteiger partial charge in [0, 0.05) is 19.2 Å². The Kier molecular flexibility index (Phi) is 13.6. The average molecular weight is 478 g/mol. The number of nitrogens with zero attached hydrogens (tertiary/aromatic N) is 1. The number of halogens is 2. The molecule has 1 aromatic rings. The molecule has 1 fully saturated rings. The van der Waals surface area contributed by atoms with Crippen molar-refractivity contribution in [2.24, 2.45) is 5.92 Å². The maximum Gasteiger partial charge on any atom is 0.414 e. The molecule has 1 aliphatic heterocycles. The number of aliphatic carboxylic acids is 2. The van der Waals surface area contributed by atoms with Crippen molar-refractivity contribution in [3.8, 4) is 5.75 Å². The van der Waals surface area contributed by atoms with Crippen LogP contribution in [0.25, 0.3) is 0 Å². The highest BCUT2D eigenvalue weighted by Gasteiger charge is 2.29. The van der Waals surface area contributed by atoms with Gasteiger partial charge >= 0.3 is 11.9 Å². The predicted molar refractivity (Wildman–Crippen MR) is 121 cm³/mol. The van der Waals surface area contributed by atoms with E-state index < -0.39 is 11.9 Å². The first-order chi connectivity index (χ1) is 14.8. The molecule has 176 valence electrons. The summed E-state index contributed by atoms with van der Waals surface area (Å²) >= 11 is 12.0. The molecular weight excluding hydrogens is 445 g/mol. The van der Waals surface area contributed by atoms with E-state index >= 15 is 0 Å². The van der Waals surface area contributed by atoms with Gasteiger partial charge in [-0.3, -0.25) is 0 Å². The van der Waals surface area contributed by atoms with E-state index in [-0.39, 0.29) is 0 Å². The van der Waals surface area contributed by atoms with Crippen molar-refractivity contribution in [1.82, 2.24) is 4.90 Å². The molecule has 0 saturated carbocycles. The fourth-order valence-corrected chi connectivity index (χ4v) is 3.73. The summed E-state index contributed by atoms with van der Waals surface area (Å²) in [6, 6.07) is 5.42. The lowest BCUT2D eigenvalue weighted by molar-refractivity contribution is -0.159. The van der Waals surface area contributed by atoms with E-state index in [1.165, 1.54) is 38.8 Å². The zero-order valence-corrected chi connectivity index (χ0v) is 19.7. The number of likely N-dealkylation sites (tertiary alicyclic amines) is 1. The number of hydrogen-bond acceptors (Lipinski definition) is 5. The van der Waals surface area contributed by atoms with Gasteiger partial charge in [0.1, 0.15) is 5.75 Å². The predicted octanol–water partition coefficient (Wildman–Crippen LogP) is 4.84. The first-order valence-corrected chi connectivity index (χ1v) is 11.4. The molecule has 0 amide bonds. The molecule has 9 heteroatoms. The monoisotopic (exact) mass is 477 g/mol. The van der Waals surface area contributed by atoms with Crippen molar-refractivity contribution in [3.05, 3.63) is 28.2 Å². The summed E-state index contributed by atoms with van der Waals surface area (Å²) in [5, 5.41) is 15.9. The smallest absolute Gasteiger partial charge is 0.414 e. The Morgan fingerprint density at radius 2 is 1.84 bits per heavy atom. The Labute approximate surface area is 194 Å². The van der Waals surface area contributed by atoms with Crippen LogP contribution in [0.4, 0.5) is 0 Å². The van der Waals surface area contributed by atoms with E-state index in [4.69, 9.17) is 52.5 Å². The maximum absolute atomic E-state index is 9.10. The van der Waals surface area contributed by atoms with Crippen LogP contribution < -0.4 is 4.74 Å². The number of rotatable bonds is 10. The Bertz CT molecular complexity index is 676. The quantitative estimate of drug-likeness (QED) is 0.367. The van der Waals surface area contributed by atoms with E-state index in [1.54, 1.807) is 12.1 Å². The fraction of sp³-hybridized carbons (Fsp3) is 0.636. The molecule has 0 radical (unpaired) electrons. The summed E-state index contributed by atoms with van der Waals surface area (Å²) in [5.74, 6) is -2.31. The second-order valence-corrected chi connectivity index (χ2v) is 8.19. The highest BCUT2D eigenvalue weighted by atomic mass is 35.5. The number of carboxylic acids is 2. The van der Waals surface area contributed by atoms with Gasteiger partial charge < -0.3 is 24.6 Å². The van der Waals surface area contributed by atoms with Gasteiger partial charge in [-0.05, 0) is 57.3 Å². The summed E-state index contributed by atoms with van der Waals surface area (Å²) in [5.41, 5.74) is 0. The van der Waals surface area contributed by atoms with Crippen LogP contribution in [0.15, 0.2) is 18.2 Å². The molecule has 2 atom stereocenters. The number of benzene rings is 1. The minimum absolute atomic E-state index is 0.317. The third kappa shape index (κ3) is 11.1. The molecule has 0 aromatic heterocycles. The molecule has 1 aliphatic rings. The van der Waals surface area contributed by atoms with E-state index in [2.05, 4.69) is 18.7 Å². The first-order valence-electron chi connectivity index (χ1n) is 10.7. The average Bonchev–Trinajstić information content (AvgIpc) is 2.73. The van der Waals surface area contributed by atoms with Crippen LogP contribution in [0.5, 0.6) is 5.75 Å². The molecule has 1 saturated heterocycles. The van der Waals surface area contributed by atoms with Crippen molar-refractivity contribution in [2.75, 3.05) is 32.8 Å². The number of hydrogen-bond donors (Lipinski definition) is 2. The van der Waals surface area contributed by atoms with Crippen molar-refractivity contribution in [2.45, 2.75) is 52.1 Å². The lowest BCUT2D eigenvalue weighted by atomic mass is 9.90. The Morgan fingerprint density at radius 1 is 1.13 bits per heavy atom. The van der Waals surface area contributed by atoms with Gasteiger partial charge in [0.05, 0.1) is 22.8 Å². The van der Waals surface area contributed by atoms with Crippen molar-refractivity contribution in [3.63, 3.8) is 0 Å². The van der Waals surface area contributed by atoms with Crippen LogP contribution in [-0.2, 0) is 14.3 Å². The van der Waals surface area contributed by atoms with Gasteiger partial charge in [-0.25, -0.2) is 9.59 Å². The van der Waals surface area contributed by atoms with Gasteiger partial charge in [-0.15, -0.1) is 0 Å². The number of piperidine rings is 1.